The SMILES string of the molecule is CN(Cc1cccc(Cl)c1Cl)C(=O)CC1CC2CCC(C1)N2.Cl. The number of hydrogen-bond acceptors (Lipinski definition) is 2. The van der Waals surface area contributed by atoms with Gasteiger partial charge < -0.3 is 10.2 Å². The number of piperidine rings is 1. The number of nitrogens with zero attached hydrogens (tertiary/aromatic N) is 1. The summed E-state index contributed by atoms with van der Waals surface area (Å²) in [5.74, 6) is 0.714. The molecule has 0 saturated carbocycles. The van der Waals surface area contributed by atoms with Gasteiger partial charge in [-0.15, -0.1) is 12.4 Å². The highest BCUT2D eigenvalue weighted by molar-refractivity contribution is 6.42. The second-order valence-electron chi connectivity index (χ2n) is 6.64. The predicted octanol–water partition coefficient (Wildman–Crippen LogP) is 4.29. The summed E-state index contributed by atoms with van der Waals surface area (Å²) in [7, 11) is 1.84. The zero-order valence-corrected chi connectivity index (χ0v) is 15.6. The predicted molar refractivity (Wildman–Crippen MR) is 97.5 cm³/mol. The average molecular weight is 378 g/mol. The molecule has 2 unspecified atom stereocenters. The third kappa shape index (κ3) is 4.54. The van der Waals surface area contributed by atoms with Gasteiger partial charge in [0.2, 0.25) is 5.91 Å². The molecule has 2 fully saturated rings. The maximum Gasteiger partial charge on any atom is 0.222 e. The Morgan fingerprint density at radius 1 is 1.26 bits per heavy atom. The summed E-state index contributed by atoms with van der Waals surface area (Å²) >= 11 is 12.2. The van der Waals surface area contributed by atoms with E-state index < -0.39 is 0 Å². The van der Waals surface area contributed by atoms with Gasteiger partial charge in [0.1, 0.15) is 0 Å². The number of rotatable bonds is 4. The fourth-order valence-corrected chi connectivity index (χ4v) is 4.14. The Morgan fingerprint density at radius 3 is 2.57 bits per heavy atom. The van der Waals surface area contributed by atoms with Crippen molar-refractivity contribution in [2.45, 2.75) is 50.7 Å². The Kier molecular flexibility index (Phi) is 6.61. The van der Waals surface area contributed by atoms with Crippen molar-refractivity contribution in [1.29, 1.82) is 0 Å². The summed E-state index contributed by atoms with van der Waals surface area (Å²) in [6.07, 6.45) is 5.44. The molecule has 2 bridgehead atoms. The van der Waals surface area contributed by atoms with Crippen LogP contribution in [0.2, 0.25) is 10.0 Å². The molecule has 0 aliphatic carbocycles. The lowest BCUT2D eigenvalue weighted by Gasteiger charge is -2.30. The summed E-state index contributed by atoms with van der Waals surface area (Å²) in [5, 5.41) is 4.70. The molecule has 23 heavy (non-hydrogen) atoms. The van der Waals surface area contributed by atoms with E-state index >= 15 is 0 Å². The van der Waals surface area contributed by atoms with Crippen LogP contribution >= 0.6 is 35.6 Å². The summed E-state index contributed by atoms with van der Waals surface area (Å²) in [5.41, 5.74) is 0.899. The Balaban J connectivity index is 0.00000192. The number of amides is 1. The Hall–Kier alpha value is -0.480. The van der Waals surface area contributed by atoms with Crippen LogP contribution in [0.1, 0.15) is 37.7 Å². The summed E-state index contributed by atoms with van der Waals surface area (Å²) < 4.78 is 0. The van der Waals surface area contributed by atoms with E-state index in [9.17, 15) is 4.79 Å². The first-order valence-corrected chi connectivity index (χ1v) is 8.71. The molecule has 2 saturated heterocycles. The van der Waals surface area contributed by atoms with Crippen LogP contribution < -0.4 is 5.32 Å². The molecule has 128 valence electrons. The minimum atomic E-state index is 0. The molecule has 2 aliphatic rings. The van der Waals surface area contributed by atoms with Crippen LogP contribution in [0.15, 0.2) is 18.2 Å². The van der Waals surface area contributed by atoms with E-state index in [0.717, 1.165) is 18.4 Å². The molecule has 2 aliphatic heterocycles. The molecule has 1 N–H and O–H groups in total. The lowest BCUT2D eigenvalue weighted by Crippen LogP contribution is -2.39. The third-order valence-electron chi connectivity index (χ3n) is 4.90. The maximum absolute atomic E-state index is 12.5. The van der Waals surface area contributed by atoms with Crippen LogP contribution in [0.4, 0.5) is 0 Å². The van der Waals surface area contributed by atoms with Gasteiger partial charge in [-0.05, 0) is 43.2 Å². The van der Waals surface area contributed by atoms with Crippen molar-refractivity contribution in [3.8, 4) is 0 Å². The molecule has 1 aromatic rings. The van der Waals surface area contributed by atoms with Gasteiger partial charge in [0.15, 0.2) is 0 Å². The molecule has 0 aromatic heterocycles. The van der Waals surface area contributed by atoms with Gasteiger partial charge in [-0.1, -0.05) is 35.3 Å². The van der Waals surface area contributed by atoms with E-state index in [2.05, 4.69) is 5.32 Å². The number of fused-ring (bicyclic) bond motifs is 2. The van der Waals surface area contributed by atoms with E-state index in [4.69, 9.17) is 23.2 Å². The van der Waals surface area contributed by atoms with Crippen molar-refractivity contribution in [2.24, 2.45) is 5.92 Å². The van der Waals surface area contributed by atoms with E-state index in [0.29, 0.717) is 41.0 Å². The molecule has 0 spiro atoms. The lowest BCUT2D eigenvalue weighted by atomic mass is 9.89. The summed E-state index contributed by atoms with van der Waals surface area (Å²) in [6.45, 7) is 0.510. The van der Waals surface area contributed by atoms with Gasteiger partial charge in [-0.2, -0.15) is 0 Å². The largest absolute Gasteiger partial charge is 0.341 e. The molecular formula is C17H23Cl3N2O. The maximum atomic E-state index is 12.5. The first kappa shape index (κ1) is 18.9. The van der Waals surface area contributed by atoms with Crippen molar-refractivity contribution in [2.75, 3.05) is 7.05 Å². The van der Waals surface area contributed by atoms with Crippen LogP contribution in [0.25, 0.3) is 0 Å². The van der Waals surface area contributed by atoms with Crippen LogP contribution in [-0.4, -0.2) is 29.9 Å². The van der Waals surface area contributed by atoms with E-state index in [1.165, 1.54) is 12.8 Å². The summed E-state index contributed by atoms with van der Waals surface area (Å²) in [6, 6.07) is 6.81. The van der Waals surface area contributed by atoms with Gasteiger partial charge in [0, 0.05) is 32.1 Å². The van der Waals surface area contributed by atoms with Gasteiger partial charge in [-0.3, -0.25) is 4.79 Å². The number of benzene rings is 1. The number of carbonyl (C=O) groups excluding carboxylic acids is 1. The van der Waals surface area contributed by atoms with Gasteiger partial charge >= 0.3 is 0 Å². The fraction of sp³-hybridized carbons (Fsp3) is 0.588. The van der Waals surface area contributed by atoms with Crippen LogP contribution in [0, 0.1) is 5.92 Å². The normalized spacial score (nSPS) is 25.8. The van der Waals surface area contributed by atoms with Gasteiger partial charge in [-0.25, -0.2) is 0 Å². The van der Waals surface area contributed by atoms with E-state index in [1.807, 2.05) is 19.2 Å². The quantitative estimate of drug-likeness (QED) is 0.848. The van der Waals surface area contributed by atoms with Crippen molar-refractivity contribution < 1.29 is 4.79 Å². The summed E-state index contributed by atoms with van der Waals surface area (Å²) in [4.78, 5) is 14.2. The minimum Gasteiger partial charge on any atom is -0.341 e. The Bertz CT molecular complexity index is 555. The molecule has 0 radical (unpaired) electrons. The van der Waals surface area contributed by atoms with Crippen molar-refractivity contribution in [3.63, 3.8) is 0 Å². The smallest absolute Gasteiger partial charge is 0.222 e. The Morgan fingerprint density at radius 2 is 1.91 bits per heavy atom. The standard InChI is InChI=1S/C17H22Cl2N2O.ClH/c1-21(10-12-3-2-4-15(18)17(12)19)16(22)9-11-7-13-5-6-14(8-11)20-13;/h2-4,11,13-14,20H,5-10H2,1H3;1H. The van der Waals surface area contributed by atoms with Crippen LogP contribution in [0.3, 0.4) is 0 Å². The Labute approximate surface area is 154 Å². The zero-order chi connectivity index (χ0) is 15.7. The molecule has 2 atom stereocenters. The molecular weight excluding hydrogens is 355 g/mol. The highest BCUT2D eigenvalue weighted by atomic mass is 35.5. The molecule has 3 nitrogen and oxygen atoms in total. The minimum absolute atomic E-state index is 0. The second kappa shape index (κ2) is 8.06. The van der Waals surface area contributed by atoms with Gasteiger partial charge in [0.25, 0.3) is 0 Å². The number of hydrogen-bond donors (Lipinski definition) is 1. The number of halogens is 3. The molecule has 1 amide bonds. The van der Waals surface area contributed by atoms with E-state index in [-0.39, 0.29) is 18.3 Å². The monoisotopic (exact) mass is 376 g/mol. The highest BCUT2D eigenvalue weighted by Crippen LogP contribution is 2.33. The first-order valence-electron chi connectivity index (χ1n) is 7.96. The topological polar surface area (TPSA) is 32.3 Å². The average Bonchev–Trinajstić information content (AvgIpc) is 2.82. The number of nitrogens with one attached hydrogen (secondary N) is 1. The van der Waals surface area contributed by atoms with E-state index in [1.54, 1.807) is 11.0 Å². The second-order valence-corrected chi connectivity index (χ2v) is 7.43. The zero-order valence-electron chi connectivity index (χ0n) is 13.2. The van der Waals surface area contributed by atoms with Crippen LogP contribution in [0.5, 0.6) is 0 Å². The number of carbonyl (C=O) groups is 1. The lowest BCUT2D eigenvalue weighted by molar-refractivity contribution is -0.131. The molecule has 3 rings (SSSR count). The van der Waals surface area contributed by atoms with Gasteiger partial charge in [0.05, 0.1) is 10.0 Å². The molecule has 2 heterocycles. The molecule has 1 aromatic carbocycles. The van der Waals surface area contributed by atoms with Crippen molar-refractivity contribution in [3.05, 3.63) is 33.8 Å². The first-order chi connectivity index (χ1) is 10.5. The fourth-order valence-electron chi connectivity index (χ4n) is 3.76. The van der Waals surface area contributed by atoms with Crippen molar-refractivity contribution in [1.82, 2.24) is 10.2 Å². The van der Waals surface area contributed by atoms with Crippen molar-refractivity contribution >= 4 is 41.5 Å². The van der Waals surface area contributed by atoms with Crippen LogP contribution in [-0.2, 0) is 11.3 Å². The highest BCUT2D eigenvalue weighted by Gasteiger charge is 2.34. The third-order valence-corrected chi connectivity index (χ3v) is 5.76. The molecule has 6 heteroatoms.